The molecule has 0 atom stereocenters. The number of carbonyl (C=O) groups is 2. The quantitative estimate of drug-likeness (QED) is 0.241. The van der Waals surface area contributed by atoms with Gasteiger partial charge in [-0.1, -0.05) is 79.9 Å². The minimum absolute atomic E-state index is 0.0678. The van der Waals surface area contributed by atoms with E-state index in [4.69, 9.17) is 0 Å². The second-order valence-corrected chi connectivity index (χ2v) is 7.14. The Morgan fingerprint density at radius 1 is 0.643 bits per heavy atom. The summed E-state index contributed by atoms with van der Waals surface area (Å²) in [6.45, 7) is 1.02. The molecule has 144 valence electrons. The summed E-state index contributed by atoms with van der Waals surface area (Å²) in [5, 5.41) is 0. The van der Waals surface area contributed by atoms with Crippen LogP contribution in [0.2, 0.25) is 0 Å². The standard InChI is InChI=1S/C25H27NO2/c27-24(21-13-5-3-6-14-21)23(25(28)22-15-7-4-8-16-22)17-9-1-2-10-18-26-19-11-12-20-26/h3-8,11-16,19-20,23H,1-2,9-10,17-18H2. The largest absolute Gasteiger partial charge is 0.354 e. The molecule has 0 aliphatic heterocycles. The molecule has 0 amide bonds. The lowest BCUT2D eigenvalue weighted by Gasteiger charge is -2.15. The SMILES string of the molecule is O=C(c1ccccc1)C(CCCCCCn1cccc1)C(=O)c1ccccc1. The van der Waals surface area contributed by atoms with Gasteiger partial charge in [-0.05, 0) is 25.0 Å². The molecule has 3 nitrogen and oxygen atoms in total. The van der Waals surface area contributed by atoms with Crippen LogP contribution in [0.4, 0.5) is 0 Å². The number of benzene rings is 2. The molecule has 1 heterocycles. The van der Waals surface area contributed by atoms with Gasteiger partial charge in [0.15, 0.2) is 11.6 Å². The lowest BCUT2D eigenvalue weighted by molar-refractivity contribution is 0.0797. The molecule has 0 N–H and O–H groups in total. The van der Waals surface area contributed by atoms with Gasteiger partial charge in [0.2, 0.25) is 0 Å². The Morgan fingerprint density at radius 2 is 1.14 bits per heavy atom. The second-order valence-electron chi connectivity index (χ2n) is 7.14. The van der Waals surface area contributed by atoms with Gasteiger partial charge >= 0.3 is 0 Å². The first-order chi connectivity index (χ1) is 13.8. The predicted molar refractivity (Wildman–Crippen MR) is 113 cm³/mol. The van der Waals surface area contributed by atoms with Crippen molar-refractivity contribution in [3.63, 3.8) is 0 Å². The summed E-state index contributed by atoms with van der Waals surface area (Å²) >= 11 is 0. The minimum Gasteiger partial charge on any atom is -0.354 e. The Kier molecular flexibility index (Phi) is 7.36. The molecule has 2 aromatic carbocycles. The zero-order valence-corrected chi connectivity index (χ0v) is 16.2. The van der Waals surface area contributed by atoms with Crippen molar-refractivity contribution >= 4 is 11.6 Å². The molecule has 0 aliphatic carbocycles. The summed E-state index contributed by atoms with van der Waals surface area (Å²) in [5.74, 6) is -0.738. The van der Waals surface area contributed by atoms with Gasteiger partial charge in [0, 0.05) is 30.1 Å². The average Bonchev–Trinajstić information content (AvgIpc) is 3.27. The van der Waals surface area contributed by atoms with Crippen LogP contribution in [0, 0.1) is 5.92 Å². The third-order valence-corrected chi connectivity index (χ3v) is 5.07. The topological polar surface area (TPSA) is 39.1 Å². The molecule has 0 bridgehead atoms. The van der Waals surface area contributed by atoms with Crippen molar-refractivity contribution in [3.05, 3.63) is 96.3 Å². The van der Waals surface area contributed by atoms with Crippen molar-refractivity contribution in [2.45, 2.75) is 38.6 Å². The highest BCUT2D eigenvalue weighted by molar-refractivity contribution is 6.16. The van der Waals surface area contributed by atoms with Crippen molar-refractivity contribution in [2.75, 3.05) is 0 Å². The molecule has 3 aromatic rings. The Balaban J connectivity index is 1.58. The third kappa shape index (κ3) is 5.53. The van der Waals surface area contributed by atoms with Crippen LogP contribution in [-0.4, -0.2) is 16.1 Å². The molecule has 0 radical (unpaired) electrons. The van der Waals surface area contributed by atoms with E-state index in [9.17, 15) is 9.59 Å². The molecular weight excluding hydrogens is 346 g/mol. The zero-order chi connectivity index (χ0) is 19.6. The van der Waals surface area contributed by atoms with E-state index in [1.807, 2.05) is 48.5 Å². The van der Waals surface area contributed by atoms with Crippen molar-refractivity contribution in [1.82, 2.24) is 4.57 Å². The fourth-order valence-electron chi connectivity index (χ4n) is 3.50. The fourth-order valence-corrected chi connectivity index (χ4v) is 3.50. The second kappa shape index (κ2) is 10.4. The maximum atomic E-state index is 13.0. The highest BCUT2D eigenvalue weighted by atomic mass is 16.2. The number of hydrogen-bond acceptors (Lipinski definition) is 2. The maximum Gasteiger partial charge on any atom is 0.173 e. The lowest BCUT2D eigenvalue weighted by Crippen LogP contribution is -2.24. The minimum atomic E-state index is -0.603. The number of Topliss-reactive ketones (excluding diaryl/α,β-unsaturated/α-hetero) is 2. The summed E-state index contributed by atoms with van der Waals surface area (Å²) in [4.78, 5) is 26.0. The van der Waals surface area contributed by atoms with Crippen LogP contribution >= 0.6 is 0 Å². The summed E-state index contributed by atoms with van der Waals surface area (Å²) in [6, 6.07) is 22.4. The molecule has 1 aromatic heterocycles. The zero-order valence-electron chi connectivity index (χ0n) is 16.2. The van der Waals surface area contributed by atoms with Crippen LogP contribution in [0.15, 0.2) is 85.2 Å². The summed E-state index contributed by atoms with van der Waals surface area (Å²) < 4.78 is 2.18. The number of aryl methyl sites for hydroxylation is 1. The number of rotatable bonds is 11. The van der Waals surface area contributed by atoms with Gasteiger partial charge in [-0.15, -0.1) is 0 Å². The van der Waals surface area contributed by atoms with Crippen LogP contribution in [0.3, 0.4) is 0 Å². The summed E-state index contributed by atoms with van der Waals surface area (Å²) in [5.41, 5.74) is 1.23. The normalized spacial score (nSPS) is 10.9. The molecule has 0 unspecified atom stereocenters. The molecule has 28 heavy (non-hydrogen) atoms. The monoisotopic (exact) mass is 373 g/mol. The highest BCUT2D eigenvalue weighted by Gasteiger charge is 2.27. The molecule has 0 fully saturated rings. The Hall–Kier alpha value is -2.94. The number of aromatic nitrogens is 1. The van der Waals surface area contributed by atoms with Crippen LogP contribution < -0.4 is 0 Å². The molecule has 0 saturated carbocycles. The van der Waals surface area contributed by atoms with E-state index in [2.05, 4.69) is 17.0 Å². The van der Waals surface area contributed by atoms with Gasteiger partial charge in [-0.25, -0.2) is 0 Å². The third-order valence-electron chi connectivity index (χ3n) is 5.07. The fraction of sp³-hybridized carbons (Fsp3) is 0.280. The Morgan fingerprint density at radius 3 is 1.68 bits per heavy atom. The highest BCUT2D eigenvalue weighted by Crippen LogP contribution is 2.21. The van der Waals surface area contributed by atoms with Crippen LogP contribution in [0.25, 0.3) is 0 Å². The van der Waals surface area contributed by atoms with E-state index in [1.165, 1.54) is 0 Å². The molecule has 0 aliphatic rings. The number of carbonyl (C=O) groups excluding carboxylic acids is 2. The van der Waals surface area contributed by atoms with Crippen molar-refractivity contribution < 1.29 is 9.59 Å². The van der Waals surface area contributed by atoms with E-state index in [-0.39, 0.29) is 11.6 Å². The van der Waals surface area contributed by atoms with E-state index in [1.54, 1.807) is 24.3 Å². The summed E-state index contributed by atoms with van der Waals surface area (Å²) in [7, 11) is 0. The van der Waals surface area contributed by atoms with E-state index >= 15 is 0 Å². The van der Waals surface area contributed by atoms with Gasteiger partial charge in [0.1, 0.15) is 0 Å². The van der Waals surface area contributed by atoms with E-state index < -0.39 is 5.92 Å². The van der Waals surface area contributed by atoms with Crippen LogP contribution in [0.5, 0.6) is 0 Å². The number of hydrogen-bond donors (Lipinski definition) is 0. The van der Waals surface area contributed by atoms with Crippen LogP contribution in [-0.2, 0) is 6.54 Å². The van der Waals surface area contributed by atoms with E-state index in [0.717, 1.165) is 32.2 Å². The van der Waals surface area contributed by atoms with Gasteiger partial charge in [0.25, 0.3) is 0 Å². The average molecular weight is 373 g/mol. The molecule has 3 heteroatoms. The first-order valence-corrected chi connectivity index (χ1v) is 10.0. The van der Waals surface area contributed by atoms with Gasteiger partial charge in [-0.3, -0.25) is 9.59 Å². The predicted octanol–water partition coefficient (Wildman–Crippen LogP) is 5.82. The van der Waals surface area contributed by atoms with E-state index in [0.29, 0.717) is 17.5 Å². The summed E-state index contributed by atoms with van der Waals surface area (Å²) in [6.07, 6.45) is 8.88. The Bertz CT molecular complexity index is 803. The van der Waals surface area contributed by atoms with Crippen molar-refractivity contribution in [1.29, 1.82) is 0 Å². The first-order valence-electron chi connectivity index (χ1n) is 10.0. The Labute approximate surface area is 167 Å². The first kappa shape index (κ1) is 19.8. The molecule has 0 spiro atoms. The van der Waals surface area contributed by atoms with Gasteiger partial charge in [0.05, 0.1) is 5.92 Å². The molecule has 3 rings (SSSR count). The maximum absolute atomic E-state index is 13.0. The molecule has 0 saturated heterocycles. The molecular formula is C25H27NO2. The lowest BCUT2D eigenvalue weighted by atomic mass is 9.86. The van der Waals surface area contributed by atoms with Gasteiger partial charge < -0.3 is 4.57 Å². The smallest absolute Gasteiger partial charge is 0.173 e. The number of ketones is 2. The van der Waals surface area contributed by atoms with Gasteiger partial charge in [-0.2, -0.15) is 0 Å². The van der Waals surface area contributed by atoms with Crippen molar-refractivity contribution in [3.8, 4) is 0 Å². The van der Waals surface area contributed by atoms with Crippen molar-refractivity contribution in [2.24, 2.45) is 5.92 Å². The number of nitrogens with zero attached hydrogens (tertiary/aromatic N) is 1. The van der Waals surface area contributed by atoms with Crippen LogP contribution in [0.1, 0.15) is 52.8 Å². The number of unbranched alkanes of at least 4 members (excludes halogenated alkanes) is 3.